The Kier molecular flexibility index (Phi) is 3.47. The van der Waals surface area contributed by atoms with Gasteiger partial charge in [-0.1, -0.05) is 33.6 Å². The van der Waals surface area contributed by atoms with E-state index in [-0.39, 0.29) is 0 Å². The van der Waals surface area contributed by atoms with Crippen LogP contribution in [0.25, 0.3) is 0 Å². The molecule has 0 bridgehead atoms. The Morgan fingerprint density at radius 3 is 2.53 bits per heavy atom. The molecule has 0 atom stereocenters. The van der Waals surface area contributed by atoms with E-state index in [9.17, 15) is 0 Å². The molecule has 0 radical (unpaired) electrons. The van der Waals surface area contributed by atoms with Crippen LogP contribution in [0, 0.1) is 13.8 Å². The van der Waals surface area contributed by atoms with Crippen LogP contribution in [0.3, 0.4) is 0 Å². The normalized spacial score (nSPS) is 18.1. The molecule has 2 rings (SSSR count). The van der Waals surface area contributed by atoms with E-state index in [0.717, 1.165) is 19.0 Å². The quantitative estimate of drug-likeness (QED) is 0.821. The molecule has 0 saturated carbocycles. The molecule has 1 aromatic rings. The molecule has 1 aliphatic heterocycles. The van der Waals surface area contributed by atoms with Gasteiger partial charge in [0.2, 0.25) is 0 Å². The summed E-state index contributed by atoms with van der Waals surface area (Å²) in [4.78, 5) is 0. The van der Waals surface area contributed by atoms with Crippen LogP contribution in [0.1, 0.15) is 35.4 Å². The van der Waals surface area contributed by atoms with Crippen molar-refractivity contribution >= 4 is 15.9 Å². The predicted octanol–water partition coefficient (Wildman–Crippen LogP) is 3.53. The predicted molar refractivity (Wildman–Crippen MR) is 68.5 cm³/mol. The average molecular weight is 268 g/mol. The van der Waals surface area contributed by atoms with Gasteiger partial charge in [-0.2, -0.15) is 0 Å². The van der Waals surface area contributed by atoms with Crippen LogP contribution >= 0.6 is 15.9 Å². The van der Waals surface area contributed by atoms with Crippen LogP contribution in [0.5, 0.6) is 0 Å². The van der Waals surface area contributed by atoms with Crippen molar-refractivity contribution in [1.82, 2.24) is 5.32 Å². The Hall–Kier alpha value is -0.340. The fourth-order valence-corrected chi connectivity index (χ4v) is 2.97. The Balaban J connectivity index is 2.33. The molecule has 82 valence electrons. The fraction of sp³-hybridized carbons (Fsp3) is 0.538. The van der Waals surface area contributed by atoms with Gasteiger partial charge in [0.05, 0.1) is 0 Å². The first-order chi connectivity index (χ1) is 7.18. The minimum atomic E-state index is 0.735. The van der Waals surface area contributed by atoms with Gasteiger partial charge in [-0.25, -0.2) is 0 Å². The SMILES string of the molecule is Cc1cc(C)c(Br)c(C2CCNCC2)c1. The van der Waals surface area contributed by atoms with Crippen LogP contribution < -0.4 is 5.32 Å². The maximum atomic E-state index is 3.73. The van der Waals surface area contributed by atoms with Gasteiger partial charge in [0.25, 0.3) is 0 Å². The van der Waals surface area contributed by atoms with Crippen molar-refractivity contribution in [1.29, 1.82) is 0 Å². The lowest BCUT2D eigenvalue weighted by atomic mass is 9.88. The highest BCUT2D eigenvalue weighted by atomic mass is 79.9. The zero-order chi connectivity index (χ0) is 10.8. The number of rotatable bonds is 1. The number of benzene rings is 1. The van der Waals surface area contributed by atoms with E-state index < -0.39 is 0 Å². The molecule has 0 spiro atoms. The van der Waals surface area contributed by atoms with Crippen molar-refractivity contribution in [3.63, 3.8) is 0 Å². The van der Waals surface area contributed by atoms with Crippen LogP contribution in [-0.4, -0.2) is 13.1 Å². The number of halogens is 1. The minimum absolute atomic E-state index is 0.735. The van der Waals surface area contributed by atoms with Gasteiger partial charge < -0.3 is 5.32 Å². The highest BCUT2D eigenvalue weighted by molar-refractivity contribution is 9.10. The second kappa shape index (κ2) is 4.67. The summed E-state index contributed by atoms with van der Waals surface area (Å²) in [6.45, 7) is 6.68. The fourth-order valence-electron chi connectivity index (χ4n) is 2.41. The van der Waals surface area contributed by atoms with Gasteiger partial charge in [-0.15, -0.1) is 0 Å². The standard InChI is InChI=1S/C13H18BrN/c1-9-7-10(2)13(14)12(8-9)11-3-5-15-6-4-11/h7-8,11,15H,3-6H2,1-2H3. The Labute approximate surface area is 100 Å². The molecule has 2 heteroatoms. The zero-order valence-electron chi connectivity index (χ0n) is 9.44. The van der Waals surface area contributed by atoms with E-state index in [1.165, 1.54) is 34.0 Å². The number of hydrogen-bond donors (Lipinski definition) is 1. The van der Waals surface area contributed by atoms with E-state index in [4.69, 9.17) is 0 Å². The molecule has 1 nitrogen and oxygen atoms in total. The lowest BCUT2D eigenvalue weighted by Crippen LogP contribution is -2.26. The van der Waals surface area contributed by atoms with Gasteiger partial charge in [0, 0.05) is 4.47 Å². The molecule has 0 aliphatic carbocycles. The van der Waals surface area contributed by atoms with Gasteiger partial charge in [-0.05, 0) is 56.8 Å². The number of aryl methyl sites for hydroxylation is 2. The maximum Gasteiger partial charge on any atom is 0.0239 e. The summed E-state index contributed by atoms with van der Waals surface area (Å²) >= 11 is 3.73. The highest BCUT2D eigenvalue weighted by Crippen LogP contribution is 2.33. The molecule has 1 N–H and O–H groups in total. The number of piperidine rings is 1. The molecule has 1 saturated heterocycles. The van der Waals surface area contributed by atoms with Crippen molar-refractivity contribution in [2.24, 2.45) is 0 Å². The smallest absolute Gasteiger partial charge is 0.0239 e. The Bertz CT molecular complexity index is 354. The summed E-state index contributed by atoms with van der Waals surface area (Å²) in [6.07, 6.45) is 2.53. The van der Waals surface area contributed by atoms with Gasteiger partial charge >= 0.3 is 0 Å². The molecule has 1 aromatic carbocycles. The largest absolute Gasteiger partial charge is 0.317 e. The van der Waals surface area contributed by atoms with Gasteiger partial charge in [0.15, 0.2) is 0 Å². The molecule has 1 aliphatic rings. The van der Waals surface area contributed by atoms with E-state index in [0.29, 0.717) is 0 Å². The first kappa shape index (κ1) is 11.2. The van der Waals surface area contributed by atoms with E-state index >= 15 is 0 Å². The summed E-state index contributed by atoms with van der Waals surface area (Å²) in [5, 5.41) is 3.42. The highest BCUT2D eigenvalue weighted by Gasteiger charge is 2.18. The molecular weight excluding hydrogens is 250 g/mol. The van der Waals surface area contributed by atoms with Crippen molar-refractivity contribution < 1.29 is 0 Å². The number of hydrogen-bond acceptors (Lipinski definition) is 1. The van der Waals surface area contributed by atoms with Crippen molar-refractivity contribution in [3.05, 3.63) is 33.3 Å². The Morgan fingerprint density at radius 1 is 1.20 bits per heavy atom. The molecule has 0 aromatic heterocycles. The third-order valence-electron chi connectivity index (χ3n) is 3.21. The van der Waals surface area contributed by atoms with Crippen LogP contribution in [0.2, 0.25) is 0 Å². The summed E-state index contributed by atoms with van der Waals surface area (Å²) in [7, 11) is 0. The molecular formula is C13H18BrN. The molecule has 15 heavy (non-hydrogen) atoms. The van der Waals surface area contributed by atoms with Crippen LogP contribution in [0.4, 0.5) is 0 Å². The van der Waals surface area contributed by atoms with E-state index in [1.807, 2.05) is 0 Å². The average Bonchev–Trinajstić information content (AvgIpc) is 2.24. The summed E-state index contributed by atoms with van der Waals surface area (Å²) in [5.74, 6) is 0.735. The Morgan fingerprint density at radius 2 is 1.87 bits per heavy atom. The van der Waals surface area contributed by atoms with Crippen molar-refractivity contribution in [2.75, 3.05) is 13.1 Å². The van der Waals surface area contributed by atoms with Crippen LogP contribution in [0.15, 0.2) is 16.6 Å². The third-order valence-corrected chi connectivity index (χ3v) is 4.29. The summed E-state index contributed by atoms with van der Waals surface area (Å²) in [6, 6.07) is 4.59. The second-order valence-electron chi connectivity index (χ2n) is 4.51. The maximum absolute atomic E-state index is 3.73. The first-order valence-corrected chi connectivity index (χ1v) is 6.45. The monoisotopic (exact) mass is 267 g/mol. The van der Waals surface area contributed by atoms with Crippen LogP contribution in [-0.2, 0) is 0 Å². The summed E-state index contributed by atoms with van der Waals surface area (Å²) in [5.41, 5.74) is 4.25. The number of nitrogens with one attached hydrogen (secondary N) is 1. The molecule has 1 heterocycles. The molecule has 0 unspecified atom stereocenters. The third kappa shape index (κ3) is 2.43. The summed E-state index contributed by atoms with van der Waals surface area (Å²) < 4.78 is 1.32. The van der Waals surface area contributed by atoms with Gasteiger partial charge in [-0.3, -0.25) is 0 Å². The molecule has 0 amide bonds. The van der Waals surface area contributed by atoms with E-state index in [1.54, 1.807) is 0 Å². The van der Waals surface area contributed by atoms with E-state index in [2.05, 4.69) is 47.2 Å². The van der Waals surface area contributed by atoms with Crippen molar-refractivity contribution in [3.8, 4) is 0 Å². The minimum Gasteiger partial charge on any atom is -0.317 e. The first-order valence-electron chi connectivity index (χ1n) is 5.66. The lowest BCUT2D eigenvalue weighted by Gasteiger charge is -2.25. The lowest BCUT2D eigenvalue weighted by molar-refractivity contribution is 0.459. The zero-order valence-corrected chi connectivity index (χ0v) is 11.0. The van der Waals surface area contributed by atoms with Crippen molar-refractivity contribution in [2.45, 2.75) is 32.6 Å². The molecule has 1 fully saturated rings. The second-order valence-corrected chi connectivity index (χ2v) is 5.30. The topological polar surface area (TPSA) is 12.0 Å². The van der Waals surface area contributed by atoms with Gasteiger partial charge in [0.1, 0.15) is 0 Å².